The molecule has 2 rings (SSSR count). The van der Waals surface area contributed by atoms with Crippen LogP contribution in [0.2, 0.25) is 0 Å². The van der Waals surface area contributed by atoms with E-state index >= 15 is 0 Å². The van der Waals surface area contributed by atoms with Gasteiger partial charge in [0, 0.05) is 13.0 Å². The molecule has 6 heteroatoms. The number of amides is 1. The van der Waals surface area contributed by atoms with E-state index in [0.717, 1.165) is 23.0 Å². The number of benzene rings is 1. The van der Waals surface area contributed by atoms with Crippen molar-refractivity contribution in [2.75, 3.05) is 5.75 Å². The van der Waals surface area contributed by atoms with E-state index < -0.39 is 0 Å². The minimum Gasteiger partial charge on any atom is -0.349 e. The quantitative estimate of drug-likeness (QED) is 0.597. The number of nitrogens with zero attached hydrogens (tertiary/aromatic N) is 3. The zero-order valence-corrected chi connectivity index (χ0v) is 14.3. The van der Waals surface area contributed by atoms with Crippen molar-refractivity contribution in [1.82, 2.24) is 20.1 Å². The molecule has 1 unspecified atom stereocenters. The van der Waals surface area contributed by atoms with Crippen LogP contribution in [0.15, 0.2) is 48.1 Å². The second-order valence-electron chi connectivity index (χ2n) is 5.14. The van der Waals surface area contributed by atoms with Crippen LogP contribution >= 0.6 is 11.8 Å². The summed E-state index contributed by atoms with van der Waals surface area (Å²) < 4.78 is 1.99. The fourth-order valence-corrected chi connectivity index (χ4v) is 3.02. The Balaban J connectivity index is 1.92. The van der Waals surface area contributed by atoms with Gasteiger partial charge in [-0.15, -0.1) is 16.8 Å². The minimum atomic E-state index is -0.0162. The van der Waals surface area contributed by atoms with Crippen molar-refractivity contribution in [3.8, 4) is 0 Å². The summed E-state index contributed by atoms with van der Waals surface area (Å²) in [4.78, 5) is 12.1. The Bertz CT molecular complexity index is 654. The average Bonchev–Trinajstić information content (AvgIpc) is 2.96. The molecule has 1 aromatic carbocycles. The zero-order chi connectivity index (χ0) is 16.7. The number of rotatable bonds is 8. The Morgan fingerprint density at radius 2 is 2.13 bits per heavy atom. The number of hydrogen-bond donors (Lipinski definition) is 1. The molecule has 1 amide bonds. The molecule has 1 atom stereocenters. The number of nitrogens with one attached hydrogen (secondary N) is 1. The first-order chi connectivity index (χ1) is 11.2. The molecule has 0 fully saturated rings. The predicted octanol–water partition coefficient (Wildman–Crippen LogP) is 3.00. The van der Waals surface area contributed by atoms with E-state index in [1.165, 1.54) is 11.8 Å². The van der Waals surface area contributed by atoms with Crippen LogP contribution in [0.25, 0.3) is 0 Å². The highest BCUT2D eigenvalue weighted by Crippen LogP contribution is 2.18. The number of thioether (sulfide) groups is 1. The van der Waals surface area contributed by atoms with Gasteiger partial charge in [-0.1, -0.05) is 55.1 Å². The summed E-state index contributed by atoms with van der Waals surface area (Å²) in [5.74, 6) is 1.21. The molecule has 122 valence electrons. The number of carbonyl (C=O) groups is 1. The SMILES string of the molecule is C=CCn1c(CC)nnc1SCC(=O)NC(C)c1ccccc1. The topological polar surface area (TPSA) is 59.8 Å². The van der Waals surface area contributed by atoms with E-state index in [-0.39, 0.29) is 11.9 Å². The standard InChI is InChI=1S/C17H22N4OS/c1-4-11-21-15(5-2)19-20-17(21)23-12-16(22)18-13(3)14-9-7-6-8-10-14/h4,6-10,13H,1,5,11-12H2,2-3H3,(H,18,22). The molecule has 5 nitrogen and oxygen atoms in total. The molecule has 0 aliphatic carbocycles. The number of carbonyl (C=O) groups excluding carboxylic acids is 1. The van der Waals surface area contributed by atoms with E-state index in [4.69, 9.17) is 0 Å². The van der Waals surface area contributed by atoms with Gasteiger partial charge in [0.05, 0.1) is 11.8 Å². The molecule has 0 aliphatic rings. The molecule has 1 heterocycles. The maximum absolute atomic E-state index is 12.1. The van der Waals surface area contributed by atoms with Crippen LogP contribution < -0.4 is 5.32 Å². The van der Waals surface area contributed by atoms with Crippen molar-refractivity contribution in [2.24, 2.45) is 0 Å². The van der Waals surface area contributed by atoms with Gasteiger partial charge >= 0.3 is 0 Å². The third kappa shape index (κ3) is 4.69. The van der Waals surface area contributed by atoms with Crippen LogP contribution in [0, 0.1) is 0 Å². The number of allylic oxidation sites excluding steroid dienone is 1. The van der Waals surface area contributed by atoms with Gasteiger partial charge in [0.15, 0.2) is 5.16 Å². The van der Waals surface area contributed by atoms with E-state index in [1.54, 1.807) is 0 Å². The second-order valence-corrected chi connectivity index (χ2v) is 6.08. The molecule has 2 aromatic rings. The molecule has 0 aliphatic heterocycles. The van der Waals surface area contributed by atoms with Gasteiger partial charge in [-0.25, -0.2) is 0 Å². The molecule has 1 aromatic heterocycles. The largest absolute Gasteiger partial charge is 0.349 e. The smallest absolute Gasteiger partial charge is 0.230 e. The lowest BCUT2D eigenvalue weighted by Gasteiger charge is -2.14. The summed E-state index contributed by atoms with van der Waals surface area (Å²) in [7, 11) is 0. The average molecular weight is 330 g/mol. The third-order valence-corrected chi connectivity index (χ3v) is 4.40. The lowest BCUT2D eigenvalue weighted by molar-refractivity contribution is -0.119. The first-order valence-corrected chi connectivity index (χ1v) is 8.64. The minimum absolute atomic E-state index is 0.0125. The maximum Gasteiger partial charge on any atom is 0.230 e. The summed E-state index contributed by atoms with van der Waals surface area (Å²) >= 11 is 1.40. The Hall–Kier alpha value is -2.08. The van der Waals surface area contributed by atoms with E-state index in [1.807, 2.05) is 54.8 Å². The monoisotopic (exact) mass is 330 g/mol. The third-order valence-electron chi connectivity index (χ3n) is 3.43. The molecular weight excluding hydrogens is 308 g/mol. The molecule has 0 saturated carbocycles. The summed E-state index contributed by atoms with van der Waals surface area (Å²) in [6.45, 7) is 8.42. The van der Waals surface area contributed by atoms with Gasteiger partial charge in [-0.3, -0.25) is 4.79 Å². The van der Waals surface area contributed by atoms with E-state index in [2.05, 4.69) is 22.1 Å². The van der Waals surface area contributed by atoms with Crippen molar-refractivity contribution in [1.29, 1.82) is 0 Å². The van der Waals surface area contributed by atoms with Crippen molar-refractivity contribution in [2.45, 2.75) is 38.0 Å². The van der Waals surface area contributed by atoms with Crippen LogP contribution in [-0.4, -0.2) is 26.4 Å². The van der Waals surface area contributed by atoms with Crippen molar-refractivity contribution in [3.63, 3.8) is 0 Å². The Morgan fingerprint density at radius 1 is 1.39 bits per heavy atom. The lowest BCUT2D eigenvalue weighted by Crippen LogP contribution is -2.28. The molecule has 0 radical (unpaired) electrons. The zero-order valence-electron chi connectivity index (χ0n) is 13.5. The molecule has 23 heavy (non-hydrogen) atoms. The van der Waals surface area contributed by atoms with E-state index in [9.17, 15) is 4.79 Å². The second kappa shape index (κ2) is 8.53. The summed E-state index contributed by atoms with van der Waals surface area (Å²) in [5, 5.41) is 12.1. The predicted molar refractivity (Wildman–Crippen MR) is 93.3 cm³/mol. The van der Waals surface area contributed by atoms with Crippen LogP contribution in [0.5, 0.6) is 0 Å². The van der Waals surface area contributed by atoms with Crippen LogP contribution in [-0.2, 0) is 17.8 Å². The van der Waals surface area contributed by atoms with Crippen LogP contribution in [0.3, 0.4) is 0 Å². The molecular formula is C17H22N4OS. The highest BCUT2D eigenvalue weighted by Gasteiger charge is 2.14. The number of aryl methyl sites for hydroxylation is 1. The van der Waals surface area contributed by atoms with Crippen LogP contribution in [0.4, 0.5) is 0 Å². The fraction of sp³-hybridized carbons (Fsp3) is 0.353. The van der Waals surface area contributed by atoms with Crippen molar-refractivity contribution >= 4 is 17.7 Å². The Kier molecular flexibility index (Phi) is 6.40. The summed E-state index contributed by atoms with van der Waals surface area (Å²) in [6, 6.07) is 9.90. The number of aromatic nitrogens is 3. The van der Waals surface area contributed by atoms with Gasteiger partial charge in [-0.2, -0.15) is 0 Å². The van der Waals surface area contributed by atoms with Gasteiger partial charge in [0.25, 0.3) is 0 Å². The molecule has 0 bridgehead atoms. The van der Waals surface area contributed by atoms with Crippen molar-refractivity contribution in [3.05, 3.63) is 54.4 Å². The first-order valence-electron chi connectivity index (χ1n) is 7.65. The van der Waals surface area contributed by atoms with Gasteiger partial charge in [0.2, 0.25) is 5.91 Å². The Labute approximate surface area is 141 Å². The van der Waals surface area contributed by atoms with Gasteiger partial charge in [0.1, 0.15) is 5.82 Å². The first kappa shape index (κ1) is 17.3. The summed E-state index contributed by atoms with van der Waals surface area (Å²) in [6.07, 6.45) is 2.61. The molecule has 0 spiro atoms. The molecule has 0 saturated heterocycles. The van der Waals surface area contributed by atoms with E-state index in [0.29, 0.717) is 12.3 Å². The molecule has 1 N–H and O–H groups in total. The number of hydrogen-bond acceptors (Lipinski definition) is 4. The van der Waals surface area contributed by atoms with Crippen LogP contribution in [0.1, 0.15) is 31.3 Å². The summed E-state index contributed by atoms with van der Waals surface area (Å²) in [5.41, 5.74) is 1.09. The van der Waals surface area contributed by atoms with Crippen molar-refractivity contribution < 1.29 is 4.79 Å². The highest BCUT2D eigenvalue weighted by atomic mass is 32.2. The lowest BCUT2D eigenvalue weighted by atomic mass is 10.1. The normalized spacial score (nSPS) is 11.9. The Morgan fingerprint density at radius 3 is 2.78 bits per heavy atom. The highest BCUT2D eigenvalue weighted by molar-refractivity contribution is 7.99. The van der Waals surface area contributed by atoms with Gasteiger partial charge in [-0.05, 0) is 12.5 Å². The van der Waals surface area contributed by atoms with Gasteiger partial charge < -0.3 is 9.88 Å². The maximum atomic E-state index is 12.1. The fourth-order valence-electron chi connectivity index (χ4n) is 2.24.